The molecule has 3 fully saturated rings. The predicted octanol–water partition coefficient (Wildman–Crippen LogP) is 4.75. The number of hydrogen-bond donors (Lipinski definition) is 0. The van der Waals surface area contributed by atoms with Crippen LogP contribution in [0.5, 0.6) is 0 Å². The zero-order valence-corrected chi connectivity index (χ0v) is 15.3. The normalized spacial score (nSPS) is 26.6. The first-order valence-electron chi connectivity index (χ1n) is 9.86. The van der Waals surface area contributed by atoms with Crippen LogP contribution in [-0.4, -0.2) is 27.8 Å². The van der Waals surface area contributed by atoms with Crippen molar-refractivity contribution in [3.05, 3.63) is 0 Å². The molecule has 0 aromatic heterocycles. The van der Waals surface area contributed by atoms with Crippen LogP contribution in [0.3, 0.4) is 0 Å². The summed E-state index contributed by atoms with van der Waals surface area (Å²) in [6, 6.07) is 0. The molecule has 0 N–H and O–H groups in total. The zero-order chi connectivity index (χ0) is 15.0. The van der Waals surface area contributed by atoms with Gasteiger partial charge in [-0.15, -0.1) is 0 Å². The quantitative estimate of drug-likeness (QED) is 0.659. The van der Waals surface area contributed by atoms with Crippen molar-refractivity contribution in [2.75, 3.05) is 0 Å². The van der Waals surface area contributed by atoms with Crippen LogP contribution >= 0.6 is 0 Å². The molecular formula is C18H34O3Si. The van der Waals surface area contributed by atoms with Crippen LogP contribution in [0, 0.1) is 0 Å². The first-order valence-corrected chi connectivity index (χ1v) is 11.3. The van der Waals surface area contributed by atoms with Gasteiger partial charge in [0.1, 0.15) is 0 Å². The number of rotatable bonds is 6. The van der Waals surface area contributed by atoms with Crippen LogP contribution in [0.1, 0.15) is 96.3 Å². The molecule has 4 heteroatoms. The first kappa shape index (κ1) is 16.9. The van der Waals surface area contributed by atoms with Gasteiger partial charge in [0, 0.05) is 18.3 Å². The summed E-state index contributed by atoms with van der Waals surface area (Å²) in [6.07, 6.45) is 20.6. The van der Waals surface area contributed by atoms with E-state index in [1.54, 1.807) is 0 Å². The first-order chi connectivity index (χ1) is 10.9. The van der Waals surface area contributed by atoms with Crippen molar-refractivity contribution in [3.63, 3.8) is 0 Å². The van der Waals surface area contributed by atoms with E-state index >= 15 is 0 Å². The lowest BCUT2D eigenvalue weighted by atomic mass is 9.98. The van der Waals surface area contributed by atoms with E-state index in [4.69, 9.17) is 13.3 Å². The maximum absolute atomic E-state index is 6.39. The van der Waals surface area contributed by atoms with Gasteiger partial charge in [-0.1, -0.05) is 57.8 Å². The van der Waals surface area contributed by atoms with Gasteiger partial charge in [0.15, 0.2) is 0 Å². The standard InChI is InChI=1S/C18H34O3Si/c1-4-10-16(11-5-1)19-22(20-17-12-6-2-7-13-17)21-18-14-8-3-9-15-18/h16-18,22H,1-15H2. The third-order valence-electron chi connectivity index (χ3n) is 5.57. The molecule has 22 heavy (non-hydrogen) atoms. The van der Waals surface area contributed by atoms with Gasteiger partial charge >= 0.3 is 9.53 Å². The van der Waals surface area contributed by atoms with Crippen LogP contribution in [0.15, 0.2) is 0 Å². The molecule has 0 unspecified atom stereocenters. The van der Waals surface area contributed by atoms with Gasteiger partial charge in [-0.3, -0.25) is 0 Å². The van der Waals surface area contributed by atoms with E-state index in [9.17, 15) is 0 Å². The topological polar surface area (TPSA) is 27.7 Å². The highest BCUT2D eigenvalue weighted by Crippen LogP contribution is 2.27. The van der Waals surface area contributed by atoms with E-state index in [0.29, 0.717) is 18.3 Å². The minimum absolute atomic E-state index is 0.414. The molecule has 0 aliphatic heterocycles. The summed E-state index contributed by atoms with van der Waals surface area (Å²) in [5.41, 5.74) is 0. The number of hydrogen-bond acceptors (Lipinski definition) is 3. The highest BCUT2D eigenvalue weighted by Gasteiger charge is 2.30. The third kappa shape index (κ3) is 5.62. The maximum Gasteiger partial charge on any atom is 0.484 e. The Labute approximate surface area is 138 Å². The summed E-state index contributed by atoms with van der Waals surface area (Å²) < 4.78 is 19.2. The van der Waals surface area contributed by atoms with Gasteiger partial charge in [-0.25, -0.2) is 0 Å². The highest BCUT2D eigenvalue weighted by molar-refractivity contribution is 6.36. The second-order valence-electron chi connectivity index (χ2n) is 7.48. The molecule has 0 aromatic rings. The van der Waals surface area contributed by atoms with Crippen LogP contribution < -0.4 is 0 Å². The Morgan fingerprint density at radius 3 is 0.955 bits per heavy atom. The summed E-state index contributed by atoms with van der Waals surface area (Å²) in [4.78, 5) is 0. The van der Waals surface area contributed by atoms with Gasteiger partial charge in [-0.05, 0) is 38.5 Å². The van der Waals surface area contributed by atoms with Crippen LogP contribution in [-0.2, 0) is 13.3 Å². The molecule has 0 bridgehead atoms. The van der Waals surface area contributed by atoms with E-state index in [1.807, 2.05) is 0 Å². The molecule has 128 valence electrons. The molecule has 0 radical (unpaired) electrons. The Kier molecular flexibility index (Phi) is 7.24. The van der Waals surface area contributed by atoms with Crippen molar-refractivity contribution in [2.45, 2.75) is 115 Å². The van der Waals surface area contributed by atoms with Gasteiger partial charge in [0.25, 0.3) is 0 Å². The van der Waals surface area contributed by atoms with Gasteiger partial charge in [0.2, 0.25) is 0 Å². The average molecular weight is 327 g/mol. The smallest absolute Gasteiger partial charge is 0.373 e. The Bertz CT molecular complexity index is 247. The molecule has 0 amide bonds. The SMILES string of the molecule is C1CCC(O[SiH](OC2CCCCC2)OC2CCCCC2)CC1. The van der Waals surface area contributed by atoms with E-state index in [1.165, 1.54) is 96.3 Å². The Hall–Kier alpha value is 0.0969. The fourth-order valence-electron chi connectivity index (χ4n) is 4.17. The minimum atomic E-state index is -1.95. The van der Waals surface area contributed by atoms with E-state index < -0.39 is 9.53 Å². The monoisotopic (exact) mass is 326 g/mol. The summed E-state index contributed by atoms with van der Waals surface area (Å²) in [7, 11) is -1.95. The summed E-state index contributed by atoms with van der Waals surface area (Å²) in [5, 5.41) is 0. The van der Waals surface area contributed by atoms with Crippen LogP contribution in [0.25, 0.3) is 0 Å². The summed E-state index contributed by atoms with van der Waals surface area (Å²) in [6.45, 7) is 0. The molecule has 3 saturated carbocycles. The molecule has 3 aliphatic carbocycles. The molecule has 3 nitrogen and oxygen atoms in total. The Balaban J connectivity index is 1.50. The second kappa shape index (κ2) is 9.41. The lowest BCUT2D eigenvalue weighted by molar-refractivity contribution is -0.0154. The molecule has 3 aliphatic rings. The average Bonchev–Trinajstić information content (AvgIpc) is 2.57. The molecule has 0 atom stereocenters. The van der Waals surface area contributed by atoms with Gasteiger partial charge < -0.3 is 13.3 Å². The van der Waals surface area contributed by atoms with Gasteiger partial charge in [-0.2, -0.15) is 0 Å². The van der Waals surface area contributed by atoms with Crippen LogP contribution in [0.2, 0.25) is 0 Å². The van der Waals surface area contributed by atoms with E-state index in [0.717, 1.165) is 0 Å². The van der Waals surface area contributed by atoms with Crippen molar-refractivity contribution in [3.8, 4) is 0 Å². The van der Waals surface area contributed by atoms with E-state index in [2.05, 4.69) is 0 Å². The second-order valence-corrected chi connectivity index (χ2v) is 8.87. The van der Waals surface area contributed by atoms with Crippen molar-refractivity contribution in [1.29, 1.82) is 0 Å². The molecule has 0 saturated heterocycles. The fraction of sp³-hybridized carbons (Fsp3) is 1.00. The van der Waals surface area contributed by atoms with Crippen molar-refractivity contribution < 1.29 is 13.3 Å². The van der Waals surface area contributed by atoms with Gasteiger partial charge in [0.05, 0.1) is 0 Å². The zero-order valence-electron chi connectivity index (χ0n) is 14.1. The van der Waals surface area contributed by atoms with Crippen molar-refractivity contribution >= 4 is 9.53 Å². The highest BCUT2D eigenvalue weighted by atomic mass is 28.3. The lowest BCUT2D eigenvalue weighted by Gasteiger charge is -2.33. The van der Waals surface area contributed by atoms with Crippen LogP contribution in [0.4, 0.5) is 0 Å². The molecule has 0 spiro atoms. The van der Waals surface area contributed by atoms with Crippen molar-refractivity contribution in [1.82, 2.24) is 0 Å². The Morgan fingerprint density at radius 2 is 0.682 bits per heavy atom. The van der Waals surface area contributed by atoms with E-state index in [-0.39, 0.29) is 0 Å². The lowest BCUT2D eigenvalue weighted by Crippen LogP contribution is -2.40. The largest absolute Gasteiger partial charge is 0.484 e. The fourth-order valence-corrected chi connectivity index (χ4v) is 6.12. The Morgan fingerprint density at radius 1 is 0.409 bits per heavy atom. The maximum atomic E-state index is 6.39. The predicted molar refractivity (Wildman–Crippen MR) is 91.0 cm³/mol. The molecule has 3 rings (SSSR count). The van der Waals surface area contributed by atoms with Crippen molar-refractivity contribution in [2.24, 2.45) is 0 Å². The minimum Gasteiger partial charge on any atom is -0.373 e. The molecule has 0 aromatic carbocycles. The molecular weight excluding hydrogens is 292 g/mol. The summed E-state index contributed by atoms with van der Waals surface area (Å²) in [5.74, 6) is 0. The third-order valence-corrected chi connectivity index (χ3v) is 7.39. The summed E-state index contributed by atoms with van der Waals surface area (Å²) >= 11 is 0. The molecule has 0 heterocycles.